The number of carbonyl (C=O) groups excluding carboxylic acids is 1. The number of hydrogen-bond donors (Lipinski definition) is 0. The summed E-state index contributed by atoms with van der Waals surface area (Å²) in [4.78, 5) is 32.5. The minimum Gasteiger partial charge on any atom is -0.497 e. The molecule has 8 rings (SSSR count). The second-order valence-electron chi connectivity index (χ2n) is 16.8. The van der Waals surface area contributed by atoms with E-state index < -0.39 is 12.0 Å². The average molecular weight is 841 g/mol. The number of benzene rings is 5. The standard InChI is InChI=1S/C50H53ClN4O6/c1-50(2)25-24-36(42(31-50)33-10-16-37(51)17-11-33)32-53-26-28-54(29-27-53)38-18-23-41(48(56)60-6)45(30-38)61-44-9-7-8-43-47(44)52(3)49(57)55(43)46(34-12-19-39(58-4)20-13-34)35-14-21-40(59-5)22-15-35/h7-23,30,46H,24-29,31-32H2,1-6H3. The zero-order valence-electron chi connectivity index (χ0n) is 35.7. The van der Waals surface area contributed by atoms with Crippen molar-refractivity contribution in [2.75, 3.05) is 59.0 Å². The fraction of sp³-hybridized carbons (Fsp3) is 0.320. The predicted octanol–water partition coefficient (Wildman–Crippen LogP) is 10.0. The summed E-state index contributed by atoms with van der Waals surface area (Å²) in [5.74, 6) is 1.71. The first kappa shape index (κ1) is 41.8. The van der Waals surface area contributed by atoms with Crippen LogP contribution in [0, 0.1) is 5.41 Å². The molecule has 61 heavy (non-hydrogen) atoms. The van der Waals surface area contributed by atoms with E-state index in [0.717, 1.165) is 67.4 Å². The Morgan fingerprint density at radius 1 is 0.787 bits per heavy atom. The van der Waals surface area contributed by atoms with Gasteiger partial charge in [-0.1, -0.05) is 73.5 Å². The number of anilines is 1. The number of para-hydroxylation sites is 1. The minimum atomic E-state index is -0.510. The topological polar surface area (TPSA) is 87.4 Å². The second-order valence-corrected chi connectivity index (χ2v) is 17.2. The van der Waals surface area contributed by atoms with Gasteiger partial charge in [-0.05, 0) is 108 Å². The fourth-order valence-electron chi connectivity index (χ4n) is 8.88. The van der Waals surface area contributed by atoms with Crippen LogP contribution in [0.25, 0.3) is 16.6 Å². The first-order chi connectivity index (χ1) is 29.5. The molecule has 0 saturated carbocycles. The van der Waals surface area contributed by atoms with Crippen LogP contribution in [0.1, 0.15) is 66.2 Å². The van der Waals surface area contributed by atoms with Crippen LogP contribution in [-0.4, -0.2) is 74.1 Å². The summed E-state index contributed by atoms with van der Waals surface area (Å²) < 4.78 is 26.2. The number of rotatable bonds is 12. The maximum absolute atomic E-state index is 14.4. The molecule has 0 radical (unpaired) electrons. The molecule has 1 fully saturated rings. The van der Waals surface area contributed by atoms with Crippen molar-refractivity contribution in [1.82, 2.24) is 14.0 Å². The van der Waals surface area contributed by atoms with Crippen LogP contribution in [0.4, 0.5) is 5.69 Å². The third-order valence-electron chi connectivity index (χ3n) is 12.3. The highest BCUT2D eigenvalue weighted by atomic mass is 35.5. The van der Waals surface area contributed by atoms with E-state index in [9.17, 15) is 9.59 Å². The van der Waals surface area contributed by atoms with Crippen molar-refractivity contribution < 1.29 is 23.7 Å². The maximum Gasteiger partial charge on any atom is 0.341 e. The number of aromatic nitrogens is 2. The Labute approximate surface area is 362 Å². The van der Waals surface area contributed by atoms with Gasteiger partial charge in [0.1, 0.15) is 28.3 Å². The van der Waals surface area contributed by atoms with Crippen LogP contribution in [0.15, 0.2) is 120 Å². The summed E-state index contributed by atoms with van der Waals surface area (Å²) in [5.41, 5.74) is 8.57. The molecule has 316 valence electrons. The van der Waals surface area contributed by atoms with Crippen LogP contribution < -0.4 is 24.8 Å². The van der Waals surface area contributed by atoms with E-state index in [2.05, 4.69) is 35.8 Å². The Bertz CT molecular complexity index is 2570. The summed E-state index contributed by atoms with van der Waals surface area (Å²) in [5, 5.41) is 0.756. The molecule has 1 aliphatic carbocycles. The highest BCUT2D eigenvalue weighted by molar-refractivity contribution is 6.30. The molecule has 10 nitrogen and oxygen atoms in total. The number of hydrogen-bond acceptors (Lipinski definition) is 8. The largest absolute Gasteiger partial charge is 0.497 e. The summed E-state index contributed by atoms with van der Waals surface area (Å²) in [6, 6.07) is 34.5. The van der Waals surface area contributed by atoms with Crippen LogP contribution in [0.5, 0.6) is 23.0 Å². The summed E-state index contributed by atoms with van der Waals surface area (Å²) in [6.45, 7) is 9.10. The number of halogens is 1. The molecule has 0 atom stereocenters. The number of aryl methyl sites for hydroxylation is 1. The van der Waals surface area contributed by atoms with Gasteiger partial charge in [0.05, 0.1) is 32.9 Å². The fourth-order valence-corrected chi connectivity index (χ4v) is 9.01. The summed E-state index contributed by atoms with van der Waals surface area (Å²) in [7, 11) is 6.37. The van der Waals surface area contributed by atoms with Crippen LogP contribution in [0.2, 0.25) is 5.02 Å². The number of imidazole rings is 1. The van der Waals surface area contributed by atoms with Crippen molar-refractivity contribution in [3.05, 3.63) is 153 Å². The van der Waals surface area contributed by atoms with Gasteiger partial charge < -0.3 is 23.8 Å². The number of nitrogens with zero attached hydrogens (tertiary/aromatic N) is 4. The second kappa shape index (κ2) is 17.6. The molecule has 0 unspecified atom stereocenters. The van der Waals surface area contributed by atoms with Gasteiger partial charge in [-0.2, -0.15) is 0 Å². The zero-order chi connectivity index (χ0) is 42.8. The molecule has 1 aromatic heterocycles. The number of allylic oxidation sites excluding steroid dienone is 1. The molecule has 6 aromatic rings. The SMILES string of the molecule is COC(=O)c1ccc(N2CCN(CC3=C(c4ccc(Cl)cc4)CC(C)(C)CC3)CC2)cc1Oc1cccc2c1n(C)c(=O)n2C(c1ccc(OC)cc1)c1ccc(OC)cc1. The molecule has 1 saturated heterocycles. The van der Waals surface area contributed by atoms with Gasteiger partial charge in [0, 0.05) is 56.5 Å². The monoisotopic (exact) mass is 840 g/mol. The Kier molecular flexibility index (Phi) is 12.0. The van der Waals surface area contributed by atoms with Gasteiger partial charge in [-0.15, -0.1) is 0 Å². The molecule has 2 aliphatic rings. The quantitative estimate of drug-likeness (QED) is 0.113. The van der Waals surface area contributed by atoms with Crippen LogP contribution >= 0.6 is 11.6 Å². The van der Waals surface area contributed by atoms with Crippen molar-refractivity contribution in [2.45, 2.75) is 39.2 Å². The molecular formula is C50H53ClN4O6. The highest BCUT2D eigenvalue weighted by Crippen LogP contribution is 2.44. The molecule has 0 spiro atoms. The first-order valence-electron chi connectivity index (χ1n) is 20.8. The molecule has 5 aromatic carbocycles. The van der Waals surface area contributed by atoms with Crippen molar-refractivity contribution >= 4 is 39.9 Å². The lowest BCUT2D eigenvalue weighted by Gasteiger charge is -2.39. The van der Waals surface area contributed by atoms with E-state index in [1.165, 1.54) is 30.2 Å². The van der Waals surface area contributed by atoms with E-state index in [1.54, 1.807) is 36.5 Å². The number of fused-ring (bicyclic) bond motifs is 1. The zero-order valence-corrected chi connectivity index (χ0v) is 36.5. The lowest BCUT2D eigenvalue weighted by Crippen LogP contribution is -2.47. The molecule has 0 amide bonds. The number of ether oxygens (including phenoxy) is 4. The Morgan fingerprint density at radius 3 is 2.03 bits per heavy atom. The van der Waals surface area contributed by atoms with E-state index >= 15 is 0 Å². The van der Waals surface area contributed by atoms with Crippen molar-refractivity contribution in [3.63, 3.8) is 0 Å². The normalized spacial score (nSPS) is 15.6. The molecular weight excluding hydrogens is 788 g/mol. The Morgan fingerprint density at radius 2 is 1.43 bits per heavy atom. The first-order valence-corrected chi connectivity index (χ1v) is 21.2. The van der Waals surface area contributed by atoms with E-state index in [1.807, 2.05) is 91.0 Å². The molecule has 2 heterocycles. The van der Waals surface area contributed by atoms with Gasteiger partial charge in [-0.3, -0.25) is 14.0 Å². The highest BCUT2D eigenvalue weighted by Gasteiger charge is 2.30. The third kappa shape index (κ3) is 8.65. The average Bonchev–Trinajstić information content (AvgIpc) is 3.53. The number of carbonyl (C=O) groups is 1. The van der Waals surface area contributed by atoms with Crippen LogP contribution in [-0.2, 0) is 11.8 Å². The number of methoxy groups -OCH3 is 3. The number of piperazine rings is 1. The summed E-state index contributed by atoms with van der Waals surface area (Å²) >= 11 is 6.27. The van der Waals surface area contributed by atoms with Crippen LogP contribution in [0.3, 0.4) is 0 Å². The van der Waals surface area contributed by atoms with Gasteiger partial charge in [0.2, 0.25) is 0 Å². The lowest BCUT2D eigenvalue weighted by molar-refractivity contribution is 0.0598. The third-order valence-corrected chi connectivity index (χ3v) is 12.6. The van der Waals surface area contributed by atoms with E-state index in [0.29, 0.717) is 39.6 Å². The Balaban J connectivity index is 1.09. The predicted molar refractivity (Wildman–Crippen MR) is 243 cm³/mol. The smallest absolute Gasteiger partial charge is 0.341 e. The Hall–Kier alpha value is -5.97. The van der Waals surface area contributed by atoms with E-state index in [4.69, 9.17) is 30.5 Å². The van der Waals surface area contributed by atoms with E-state index in [-0.39, 0.29) is 11.1 Å². The van der Waals surface area contributed by atoms with Gasteiger partial charge in [0.25, 0.3) is 0 Å². The number of esters is 1. The van der Waals surface area contributed by atoms with Gasteiger partial charge in [0.15, 0.2) is 5.75 Å². The van der Waals surface area contributed by atoms with Crippen molar-refractivity contribution in [1.29, 1.82) is 0 Å². The molecule has 0 N–H and O–H groups in total. The molecule has 1 aliphatic heterocycles. The molecule has 11 heteroatoms. The van der Waals surface area contributed by atoms with Crippen molar-refractivity contribution in [2.24, 2.45) is 12.5 Å². The van der Waals surface area contributed by atoms with Gasteiger partial charge >= 0.3 is 11.7 Å². The van der Waals surface area contributed by atoms with Crippen molar-refractivity contribution in [3.8, 4) is 23.0 Å². The minimum absolute atomic E-state index is 0.226. The lowest BCUT2D eigenvalue weighted by atomic mass is 9.72. The van der Waals surface area contributed by atoms with Gasteiger partial charge in [-0.25, -0.2) is 9.59 Å². The molecule has 0 bridgehead atoms. The summed E-state index contributed by atoms with van der Waals surface area (Å²) in [6.07, 6.45) is 3.32. The maximum atomic E-state index is 14.4.